The molecule has 0 amide bonds. The summed E-state index contributed by atoms with van der Waals surface area (Å²) in [6, 6.07) is 5.84. The molecule has 2 aromatic rings. The van der Waals surface area contributed by atoms with Gasteiger partial charge >= 0.3 is 0 Å². The SMILES string of the molecule is CCn1c(C2CCCC2)nc(-c2ccc(Cl)c(Br)c2)c1N. The Morgan fingerprint density at radius 2 is 2.10 bits per heavy atom. The predicted octanol–water partition coefficient (Wildman–Crippen LogP) is 5.23. The predicted molar refractivity (Wildman–Crippen MR) is 91.7 cm³/mol. The number of nitrogens with zero attached hydrogens (tertiary/aromatic N) is 2. The van der Waals surface area contributed by atoms with Gasteiger partial charge in [-0.2, -0.15) is 0 Å². The molecule has 3 nitrogen and oxygen atoms in total. The molecule has 21 heavy (non-hydrogen) atoms. The van der Waals surface area contributed by atoms with E-state index in [1.54, 1.807) is 0 Å². The highest BCUT2D eigenvalue weighted by molar-refractivity contribution is 9.10. The van der Waals surface area contributed by atoms with Crippen LogP contribution in [0.1, 0.15) is 44.3 Å². The molecule has 1 aliphatic carbocycles. The number of imidazole rings is 1. The van der Waals surface area contributed by atoms with E-state index in [4.69, 9.17) is 22.3 Å². The second-order valence-electron chi connectivity index (χ2n) is 5.56. The molecule has 1 aliphatic rings. The van der Waals surface area contributed by atoms with Gasteiger partial charge in [0.15, 0.2) is 0 Å². The summed E-state index contributed by atoms with van der Waals surface area (Å²) < 4.78 is 3.03. The molecule has 112 valence electrons. The first kappa shape index (κ1) is 14.9. The van der Waals surface area contributed by atoms with Crippen LogP contribution in [-0.4, -0.2) is 9.55 Å². The van der Waals surface area contributed by atoms with Gasteiger partial charge in [-0.15, -0.1) is 0 Å². The number of nitrogens with two attached hydrogens (primary N) is 1. The average Bonchev–Trinajstić information content (AvgIpc) is 3.09. The molecule has 5 heteroatoms. The first-order valence-electron chi connectivity index (χ1n) is 7.43. The van der Waals surface area contributed by atoms with Gasteiger partial charge in [-0.1, -0.05) is 30.5 Å². The van der Waals surface area contributed by atoms with E-state index in [-0.39, 0.29) is 0 Å². The van der Waals surface area contributed by atoms with Crippen LogP contribution in [0.25, 0.3) is 11.3 Å². The van der Waals surface area contributed by atoms with Gasteiger partial charge in [-0.25, -0.2) is 4.98 Å². The number of hydrogen-bond donors (Lipinski definition) is 1. The van der Waals surface area contributed by atoms with Gasteiger partial charge in [-0.3, -0.25) is 0 Å². The molecule has 3 rings (SSSR count). The van der Waals surface area contributed by atoms with Crippen molar-refractivity contribution >= 4 is 33.3 Å². The van der Waals surface area contributed by atoms with Crippen molar-refractivity contribution in [1.29, 1.82) is 0 Å². The Kier molecular flexibility index (Phi) is 4.27. The zero-order valence-electron chi connectivity index (χ0n) is 12.1. The molecule has 1 saturated carbocycles. The quantitative estimate of drug-likeness (QED) is 0.806. The molecule has 0 aliphatic heterocycles. The number of aromatic nitrogens is 2. The minimum atomic E-state index is 0.553. The third-order valence-corrected chi connectivity index (χ3v) is 5.48. The van der Waals surface area contributed by atoms with Crippen molar-refractivity contribution in [3.63, 3.8) is 0 Å². The summed E-state index contributed by atoms with van der Waals surface area (Å²) in [6.45, 7) is 2.98. The summed E-state index contributed by atoms with van der Waals surface area (Å²) >= 11 is 9.54. The summed E-state index contributed by atoms with van der Waals surface area (Å²) in [6.07, 6.45) is 5.03. The van der Waals surface area contributed by atoms with E-state index in [0.717, 1.165) is 33.9 Å². The minimum absolute atomic E-state index is 0.553. The Bertz CT molecular complexity index is 660. The van der Waals surface area contributed by atoms with Gasteiger partial charge in [0.05, 0.1) is 5.02 Å². The largest absolute Gasteiger partial charge is 0.383 e. The lowest BCUT2D eigenvalue weighted by atomic mass is 10.1. The summed E-state index contributed by atoms with van der Waals surface area (Å²) in [5.41, 5.74) is 8.24. The highest BCUT2D eigenvalue weighted by Gasteiger charge is 2.25. The van der Waals surface area contributed by atoms with E-state index < -0.39 is 0 Å². The maximum atomic E-state index is 6.35. The van der Waals surface area contributed by atoms with Crippen LogP contribution in [-0.2, 0) is 6.54 Å². The molecule has 1 aromatic heterocycles. The molecule has 1 fully saturated rings. The lowest BCUT2D eigenvalue weighted by Gasteiger charge is -2.11. The van der Waals surface area contributed by atoms with Crippen LogP contribution in [0.2, 0.25) is 5.02 Å². The van der Waals surface area contributed by atoms with E-state index in [2.05, 4.69) is 27.4 Å². The maximum Gasteiger partial charge on any atom is 0.131 e. The number of benzene rings is 1. The van der Waals surface area contributed by atoms with E-state index in [1.807, 2.05) is 18.2 Å². The van der Waals surface area contributed by atoms with E-state index >= 15 is 0 Å². The van der Waals surface area contributed by atoms with E-state index in [0.29, 0.717) is 10.9 Å². The normalized spacial score (nSPS) is 15.8. The van der Waals surface area contributed by atoms with Crippen molar-refractivity contribution in [3.05, 3.63) is 33.5 Å². The second-order valence-corrected chi connectivity index (χ2v) is 6.82. The summed E-state index contributed by atoms with van der Waals surface area (Å²) in [5, 5.41) is 0.697. The monoisotopic (exact) mass is 367 g/mol. The third-order valence-electron chi connectivity index (χ3n) is 4.27. The maximum absolute atomic E-state index is 6.35. The Morgan fingerprint density at radius 3 is 2.71 bits per heavy atom. The molecule has 0 saturated heterocycles. The van der Waals surface area contributed by atoms with Gasteiger partial charge in [0.1, 0.15) is 17.3 Å². The molecule has 0 spiro atoms. The Hall–Kier alpha value is -1.00. The van der Waals surface area contributed by atoms with Gasteiger partial charge in [-0.05, 0) is 47.8 Å². The minimum Gasteiger partial charge on any atom is -0.383 e. The molecular formula is C16H19BrClN3. The molecular weight excluding hydrogens is 350 g/mol. The van der Waals surface area contributed by atoms with Crippen molar-refractivity contribution in [3.8, 4) is 11.3 Å². The van der Waals surface area contributed by atoms with Gasteiger partial charge in [0.2, 0.25) is 0 Å². The zero-order valence-corrected chi connectivity index (χ0v) is 14.4. The fraction of sp³-hybridized carbons (Fsp3) is 0.438. The molecule has 0 unspecified atom stereocenters. The van der Waals surface area contributed by atoms with Crippen LogP contribution in [0.5, 0.6) is 0 Å². The van der Waals surface area contributed by atoms with E-state index in [9.17, 15) is 0 Å². The van der Waals surface area contributed by atoms with Crippen LogP contribution in [0.15, 0.2) is 22.7 Å². The first-order valence-corrected chi connectivity index (χ1v) is 8.60. The second kappa shape index (κ2) is 6.01. The molecule has 0 bridgehead atoms. The van der Waals surface area contributed by atoms with Crippen molar-refractivity contribution in [1.82, 2.24) is 9.55 Å². The van der Waals surface area contributed by atoms with Gasteiger partial charge in [0.25, 0.3) is 0 Å². The third kappa shape index (κ3) is 2.71. The Balaban J connectivity index is 2.08. The molecule has 1 aromatic carbocycles. The molecule has 2 N–H and O–H groups in total. The number of hydrogen-bond acceptors (Lipinski definition) is 2. The first-order chi connectivity index (χ1) is 10.1. The summed E-state index contributed by atoms with van der Waals surface area (Å²) in [5.74, 6) is 2.46. The number of nitrogen functional groups attached to an aromatic ring is 1. The lowest BCUT2D eigenvalue weighted by Crippen LogP contribution is -2.08. The lowest BCUT2D eigenvalue weighted by molar-refractivity contribution is 0.604. The van der Waals surface area contributed by atoms with Crippen LogP contribution < -0.4 is 5.73 Å². The highest BCUT2D eigenvalue weighted by atomic mass is 79.9. The number of halogens is 2. The van der Waals surface area contributed by atoms with Crippen LogP contribution in [0.4, 0.5) is 5.82 Å². The standard InChI is InChI=1S/C16H19BrClN3/c1-2-21-15(19)14(11-7-8-13(18)12(17)9-11)20-16(21)10-5-3-4-6-10/h7-10H,2-6,19H2,1H3. The molecule has 0 atom stereocenters. The molecule has 1 heterocycles. The fourth-order valence-corrected chi connectivity index (χ4v) is 3.66. The van der Waals surface area contributed by atoms with Crippen LogP contribution >= 0.6 is 27.5 Å². The van der Waals surface area contributed by atoms with E-state index in [1.165, 1.54) is 25.7 Å². The average molecular weight is 369 g/mol. The summed E-state index contributed by atoms with van der Waals surface area (Å²) in [4.78, 5) is 4.88. The van der Waals surface area contributed by atoms with Crippen molar-refractivity contribution < 1.29 is 0 Å². The zero-order chi connectivity index (χ0) is 15.0. The van der Waals surface area contributed by atoms with Crippen molar-refractivity contribution in [2.75, 3.05) is 5.73 Å². The Labute approximate surface area is 138 Å². The fourth-order valence-electron chi connectivity index (χ4n) is 3.17. The van der Waals surface area contributed by atoms with Crippen molar-refractivity contribution in [2.45, 2.75) is 45.1 Å². The number of rotatable bonds is 3. The highest BCUT2D eigenvalue weighted by Crippen LogP contribution is 2.38. The topological polar surface area (TPSA) is 43.8 Å². The summed E-state index contributed by atoms with van der Waals surface area (Å²) in [7, 11) is 0. The molecule has 0 radical (unpaired) electrons. The van der Waals surface area contributed by atoms with Gasteiger partial charge < -0.3 is 10.3 Å². The number of anilines is 1. The Morgan fingerprint density at radius 1 is 1.38 bits per heavy atom. The van der Waals surface area contributed by atoms with Crippen LogP contribution in [0.3, 0.4) is 0 Å². The van der Waals surface area contributed by atoms with Crippen molar-refractivity contribution in [2.24, 2.45) is 0 Å². The smallest absolute Gasteiger partial charge is 0.131 e. The van der Waals surface area contributed by atoms with Crippen LogP contribution in [0, 0.1) is 0 Å². The van der Waals surface area contributed by atoms with Gasteiger partial charge in [0, 0.05) is 22.5 Å².